The Bertz CT molecular complexity index is 912. The highest BCUT2D eigenvalue weighted by molar-refractivity contribution is 5.89. The maximum absolute atomic E-state index is 10.8. The number of furan rings is 1. The fraction of sp³-hybridized carbons (Fsp3) is 0.111. The van der Waals surface area contributed by atoms with Gasteiger partial charge in [0.1, 0.15) is 11.5 Å². The zero-order chi connectivity index (χ0) is 17.8. The predicted molar refractivity (Wildman–Crippen MR) is 87.9 cm³/mol. The second kappa shape index (κ2) is 6.96. The number of fused-ring (bicyclic) bond motifs is 1. The molecule has 0 bridgehead atoms. The highest BCUT2D eigenvalue weighted by Crippen LogP contribution is 2.37. The number of carboxylic acid groups (broad SMARTS) is 2. The van der Waals surface area contributed by atoms with Crippen molar-refractivity contribution < 1.29 is 33.7 Å². The number of hydrogen-bond acceptors (Lipinski definition) is 5. The van der Waals surface area contributed by atoms with Gasteiger partial charge in [-0.25, -0.2) is 9.59 Å². The molecule has 1 heterocycles. The van der Waals surface area contributed by atoms with Crippen molar-refractivity contribution in [2.75, 3.05) is 13.2 Å². The number of hydrogen-bond donors (Lipinski definition) is 2. The van der Waals surface area contributed by atoms with Gasteiger partial charge in [-0.15, -0.1) is 0 Å². The molecule has 25 heavy (non-hydrogen) atoms. The van der Waals surface area contributed by atoms with Crippen LogP contribution in [-0.4, -0.2) is 35.4 Å². The van der Waals surface area contributed by atoms with E-state index in [0.29, 0.717) is 16.7 Å². The van der Waals surface area contributed by atoms with Crippen LogP contribution in [0.2, 0.25) is 0 Å². The molecule has 0 unspecified atom stereocenters. The number of benzene rings is 2. The standard InChI is InChI=1S/C18H14O7/c19-16(20)9-23-13-6-12-7-14(11-4-2-1-3-5-11)25-18(12)15(8-13)24-10-17(21)22/h1-8H,9-10H2,(H,19,20)(H,21,22). The molecule has 1 aromatic heterocycles. The number of carboxylic acids is 2. The predicted octanol–water partition coefficient (Wildman–Crippen LogP) is 3.03. The molecule has 3 rings (SSSR count). The molecule has 128 valence electrons. The largest absolute Gasteiger partial charge is 0.482 e. The molecule has 7 nitrogen and oxygen atoms in total. The zero-order valence-corrected chi connectivity index (χ0v) is 13.0. The third kappa shape index (κ3) is 3.89. The summed E-state index contributed by atoms with van der Waals surface area (Å²) in [5, 5.41) is 18.2. The lowest BCUT2D eigenvalue weighted by Crippen LogP contribution is -2.11. The Hall–Kier alpha value is -3.48. The number of aliphatic carboxylic acids is 2. The smallest absolute Gasteiger partial charge is 0.341 e. The van der Waals surface area contributed by atoms with E-state index in [9.17, 15) is 9.59 Å². The van der Waals surface area contributed by atoms with Crippen molar-refractivity contribution in [2.24, 2.45) is 0 Å². The van der Waals surface area contributed by atoms with Crippen LogP contribution in [0.5, 0.6) is 11.5 Å². The summed E-state index contributed by atoms with van der Waals surface area (Å²) in [4.78, 5) is 21.4. The van der Waals surface area contributed by atoms with Crippen LogP contribution in [0, 0.1) is 0 Å². The van der Waals surface area contributed by atoms with Gasteiger partial charge in [0.2, 0.25) is 0 Å². The average Bonchev–Trinajstić information content (AvgIpc) is 3.02. The minimum absolute atomic E-state index is 0.169. The maximum atomic E-state index is 10.8. The van der Waals surface area contributed by atoms with Gasteiger partial charge in [-0.3, -0.25) is 0 Å². The summed E-state index contributed by atoms with van der Waals surface area (Å²) < 4.78 is 16.2. The maximum Gasteiger partial charge on any atom is 0.341 e. The van der Waals surface area contributed by atoms with Crippen LogP contribution in [0.4, 0.5) is 0 Å². The van der Waals surface area contributed by atoms with Gasteiger partial charge in [0, 0.05) is 17.0 Å². The zero-order valence-electron chi connectivity index (χ0n) is 13.0. The van der Waals surface area contributed by atoms with E-state index in [0.717, 1.165) is 5.56 Å². The van der Waals surface area contributed by atoms with E-state index in [1.54, 1.807) is 12.1 Å². The van der Waals surface area contributed by atoms with Crippen LogP contribution in [0.1, 0.15) is 0 Å². The van der Waals surface area contributed by atoms with E-state index < -0.39 is 25.2 Å². The topological polar surface area (TPSA) is 106 Å². The van der Waals surface area contributed by atoms with Gasteiger partial charge in [-0.1, -0.05) is 30.3 Å². The molecule has 0 aliphatic rings. The summed E-state index contributed by atoms with van der Waals surface area (Å²) in [6.45, 7) is -1.08. The Morgan fingerprint density at radius 3 is 2.28 bits per heavy atom. The molecular weight excluding hydrogens is 328 g/mol. The quantitative estimate of drug-likeness (QED) is 0.679. The number of ether oxygens (including phenoxy) is 2. The Balaban J connectivity index is 2.03. The summed E-state index contributed by atoms with van der Waals surface area (Å²) in [6.07, 6.45) is 0. The molecule has 0 atom stereocenters. The van der Waals surface area contributed by atoms with Crippen molar-refractivity contribution in [3.63, 3.8) is 0 Å². The molecule has 0 spiro atoms. The van der Waals surface area contributed by atoms with Crippen LogP contribution in [0.25, 0.3) is 22.3 Å². The van der Waals surface area contributed by atoms with Gasteiger partial charge in [-0.05, 0) is 12.1 Å². The summed E-state index contributed by atoms with van der Waals surface area (Å²) in [5.74, 6) is -1.27. The van der Waals surface area contributed by atoms with Crippen LogP contribution in [-0.2, 0) is 9.59 Å². The van der Waals surface area contributed by atoms with Crippen molar-refractivity contribution in [1.29, 1.82) is 0 Å². The minimum atomic E-state index is -1.14. The van der Waals surface area contributed by atoms with E-state index in [-0.39, 0.29) is 11.5 Å². The Kier molecular flexibility index (Phi) is 4.56. The van der Waals surface area contributed by atoms with Gasteiger partial charge in [0.15, 0.2) is 24.5 Å². The molecule has 7 heteroatoms. The molecule has 0 aliphatic carbocycles. The fourth-order valence-corrected chi connectivity index (χ4v) is 2.31. The molecule has 0 saturated heterocycles. The molecule has 0 aliphatic heterocycles. The third-order valence-electron chi connectivity index (χ3n) is 3.33. The average molecular weight is 342 g/mol. The van der Waals surface area contributed by atoms with Gasteiger partial charge >= 0.3 is 11.9 Å². The van der Waals surface area contributed by atoms with Gasteiger partial charge < -0.3 is 24.1 Å². The highest BCUT2D eigenvalue weighted by Gasteiger charge is 2.15. The monoisotopic (exact) mass is 342 g/mol. The molecule has 0 fully saturated rings. The Morgan fingerprint density at radius 2 is 1.60 bits per heavy atom. The Morgan fingerprint density at radius 1 is 0.920 bits per heavy atom. The van der Waals surface area contributed by atoms with Crippen molar-refractivity contribution in [3.8, 4) is 22.8 Å². The van der Waals surface area contributed by atoms with E-state index in [4.69, 9.17) is 24.1 Å². The third-order valence-corrected chi connectivity index (χ3v) is 3.33. The van der Waals surface area contributed by atoms with Crippen molar-refractivity contribution in [2.45, 2.75) is 0 Å². The van der Waals surface area contributed by atoms with Crippen molar-refractivity contribution in [3.05, 3.63) is 48.5 Å². The lowest BCUT2D eigenvalue weighted by Gasteiger charge is -2.08. The van der Waals surface area contributed by atoms with E-state index in [2.05, 4.69) is 0 Å². The second-order valence-corrected chi connectivity index (χ2v) is 5.18. The van der Waals surface area contributed by atoms with Gasteiger partial charge in [0.05, 0.1) is 0 Å². The van der Waals surface area contributed by atoms with Crippen molar-refractivity contribution >= 4 is 22.9 Å². The van der Waals surface area contributed by atoms with Crippen LogP contribution in [0.3, 0.4) is 0 Å². The lowest BCUT2D eigenvalue weighted by molar-refractivity contribution is -0.140. The first-order chi connectivity index (χ1) is 12.0. The van der Waals surface area contributed by atoms with Crippen LogP contribution >= 0.6 is 0 Å². The minimum Gasteiger partial charge on any atom is -0.482 e. The van der Waals surface area contributed by atoms with Gasteiger partial charge in [-0.2, -0.15) is 0 Å². The molecule has 0 saturated carbocycles. The van der Waals surface area contributed by atoms with E-state index >= 15 is 0 Å². The van der Waals surface area contributed by atoms with E-state index in [1.807, 2.05) is 30.3 Å². The SMILES string of the molecule is O=C(O)COc1cc(OCC(=O)O)c2oc(-c3ccccc3)cc2c1. The number of rotatable bonds is 7. The fourth-order valence-electron chi connectivity index (χ4n) is 2.31. The highest BCUT2D eigenvalue weighted by atomic mass is 16.5. The molecule has 0 amide bonds. The normalized spacial score (nSPS) is 10.6. The summed E-state index contributed by atoms with van der Waals surface area (Å²) in [7, 11) is 0. The second-order valence-electron chi connectivity index (χ2n) is 5.18. The summed E-state index contributed by atoms with van der Waals surface area (Å²) >= 11 is 0. The molecule has 2 N–H and O–H groups in total. The Labute approximate surface area is 142 Å². The first kappa shape index (κ1) is 16.4. The molecule has 3 aromatic rings. The van der Waals surface area contributed by atoms with Crippen LogP contribution < -0.4 is 9.47 Å². The summed E-state index contributed by atoms with van der Waals surface area (Å²) in [5.41, 5.74) is 1.21. The molecule has 2 aromatic carbocycles. The van der Waals surface area contributed by atoms with Crippen molar-refractivity contribution in [1.82, 2.24) is 0 Å². The van der Waals surface area contributed by atoms with Crippen LogP contribution in [0.15, 0.2) is 52.9 Å². The van der Waals surface area contributed by atoms with Gasteiger partial charge in [0.25, 0.3) is 0 Å². The molecular formula is C18H14O7. The lowest BCUT2D eigenvalue weighted by atomic mass is 10.1. The first-order valence-electron chi connectivity index (χ1n) is 7.35. The first-order valence-corrected chi connectivity index (χ1v) is 7.35. The molecule has 0 radical (unpaired) electrons. The van der Waals surface area contributed by atoms with E-state index in [1.165, 1.54) is 6.07 Å². The summed E-state index contributed by atoms with van der Waals surface area (Å²) in [6, 6.07) is 14.1. The number of carbonyl (C=O) groups is 2.